The van der Waals surface area contributed by atoms with E-state index in [-0.39, 0.29) is 5.95 Å². The first-order chi connectivity index (χ1) is 8.69. The van der Waals surface area contributed by atoms with E-state index in [1.165, 1.54) is 25.4 Å². The number of methoxy groups -OCH3 is 1. The normalized spacial score (nSPS) is 9.89. The van der Waals surface area contributed by atoms with Crippen molar-refractivity contribution in [1.82, 2.24) is 15.0 Å². The van der Waals surface area contributed by atoms with Crippen LogP contribution in [0.1, 0.15) is 10.4 Å². The van der Waals surface area contributed by atoms with E-state index in [0.29, 0.717) is 11.4 Å². The van der Waals surface area contributed by atoms with Crippen LogP contribution in [0.25, 0.3) is 0 Å². The summed E-state index contributed by atoms with van der Waals surface area (Å²) in [6.45, 7) is 0. The van der Waals surface area contributed by atoms with Crippen LogP contribution in [0.2, 0.25) is 0 Å². The van der Waals surface area contributed by atoms with Gasteiger partial charge in [0.25, 0.3) is 0 Å². The molecule has 0 atom stereocenters. The minimum absolute atomic E-state index is 0.186. The molecule has 92 valence electrons. The molecule has 6 nitrogen and oxygen atoms in total. The van der Waals surface area contributed by atoms with E-state index in [9.17, 15) is 9.18 Å². The molecule has 2 aromatic rings. The van der Waals surface area contributed by atoms with Gasteiger partial charge >= 0.3 is 5.97 Å². The Morgan fingerprint density at radius 3 is 2.72 bits per heavy atom. The molecule has 2 aromatic heterocycles. The molecule has 2 rings (SSSR count). The number of pyridine rings is 1. The molecule has 0 amide bonds. The third-order valence-electron chi connectivity index (χ3n) is 2.04. The highest BCUT2D eigenvalue weighted by atomic mass is 19.1. The Morgan fingerprint density at radius 1 is 1.33 bits per heavy atom. The van der Waals surface area contributed by atoms with Crippen molar-refractivity contribution >= 4 is 17.7 Å². The third kappa shape index (κ3) is 2.76. The molecule has 0 saturated heterocycles. The number of halogens is 1. The van der Waals surface area contributed by atoms with E-state index in [1.54, 1.807) is 0 Å². The smallest absolute Gasteiger partial charge is 0.338 e. The van der Waals surface area contributed by atoms with E-state index >= 15 is 0 Å². The lowest BCUT2D eigenvalue weighted by Crippen LogP contribution is -2.04. The monoisotopic (exact) mass is 248 g/mol. The number of carbonyl (C=O) groups is 1. The highest BCUT2D eigenvalue weighted by Gasteiger charge is 2.07. The number of hydrogen-bond acceptors (Lipinski definition) is 6. The maximum Gasteiger partial charge on any atom is 0.338 e. The largest absolute Gasteiger partial charge is 0.465 e. The summed E-state index contributed by atoms with van der Waals surface area (Å²) in [4.78, 5) is 22.7. The number of rotatable bonds is 3. The number of nitrogens with one attached hydrogen (secondary N) is 1. The number of nitrogens with zero attached hydrogens (tertiary/aromatic N) is 3. The van der Waals surface area contributed by atoms with Gasteiger partial charge in [-0.25, -0.2) is 24.1 Å². The summed E-state index contributed by atoms with van der Waals surface area (Å²) in [5.74, 6) is -0.451. The maximum atomic E-state index is 12.6. The summed E-state index contributed by atoms with van der Waals surface area (Å²) in [5, 5.41) is 2.74. The highest BCUT2D eigenvalue weighted by molar-refractivity contribution is 5.90. The van der Waals surface area contributed by atoms with Crippen molar-refractivity contribution in [1.29, 1.82) is 0 Å². The van der Waals surface area contributed by atoms with E-state index in [0.717, 1.165) is 12.4 Å². The van der Waals surface area contributed by atoms with Crippen LogP contribution in [0.5, 0.6) is 0 Å². The van der Waals surface area contributed by atoms with Crippen LogP contribution < -0.4 is 5.32 Å². The first-order valence-corrected chi connectivity index (χ1v) is 4.98. The van der Waals surface area contributed by atoms with Gasteiger partial charge in [-0.2, -0.15) is 0 Å². The SMILES string of the molecule is COC(=O)c1ccnc(Nc2ncc(F)cn2)c1. The van der Waals surface area contributed by atoms with Crippen molar-refractivity contribution in [2.45, 2.75) is 0 Å². The number of anilines is 2. The molecule has 7 heteroatoms. The lowest BCUT2D eigenvalue weighted by molar-refractivity contribution is 0.0600. The molecule has 0 aliphatic rings. The van der Waals surface area contributed by atoms with Gasteiger partial charge in [0.05, 0.1) is 25.1 Å². The molecule has 0 spiro atoms. The van der Waals surface area contributed by atoms with Crippen LogP contribution in [-0.2, 0) is 4.74 Å². The first-order valence-electron chi connectivity index (χ1n) is 4.98. The van der Waals surface area contributed by atoms with E-state index in [1.807, 2.05) is 0 Å². The Bertz CT molecular complexity index is 559. The summed E-state index contributed by atoms with van der Waals surface area (Å²) < 4.78 is 17.2. The first kappa shape index (κ1) is 11.9. The van der Waals surface area contributed by atoms with Crippen LogP contribution in [0.4, 0.5) is 16.2 Å². The quantitative estimate of drug-likeness (QED) is 0.830. The number of ether oxygens (including phenoxy) is 1. The molecule has 0 bridgehead atoms. The molecule has 0 saturated carbocycles. The number of carbonyl (C=O) groups excluding carboxylic acids is 1. The van der Waals surface area contributed by atoms with Crippen LogP contribution in [0.15, 0.2) is 30.7 Å². The Hall–Kier alpha value is -2.57. The van der Waals surface area contributed by atoms with Crippen LogP contribution >= 0.6 is 0 Å². The summed E-state index contributed by atoms with van der Waals surface area (Å²) in [5.41, 5.74) is 0.345. The molecule has 1 N–H and O–H groups in total. The summed E-state index contributed by atoms with van der Waals surface area (Å²) in [7, 11) is 1.29. The average Bonchev–Trinajstić information content (AvgIpc) is 2.41. The second kappa shape index (κ2) is 5.17. The maximum absolute atomic E-state index is 12.6. The van der Waals surface area contributed by atoms with Gasteiger partial charge in [0.15, 0.2) is 5.82 Å². The van der Waals surface area contributed by atoms with Crippen LogP contribution in [0, 0.1) is 5.82 Å². The molecule has 18 heavy (non-hydrogen) atoms. The number of aromatic nitrogens is 3. The van der Waals surface area contributed by atoms with Crippen LogP contribution in [0.3, 0.4) is 0 Å². The second-order valence-electron chi connectivity index (χ2n) is 3.27. The van der Waals surface area contributed by atoms with Crippen molar-refractivity contribution in [2.75, 3.05) is 12.4 Å². The molecule has 2 heterocycles. The van der Waals surface area contributed by atoms with Gasteiger partial charge in [0.2, 0.25) is 5.95 Å². The van der Waals surface area contributed by atoms with Gasteiger partial charge in [0, 0.05) is 6.20 Å². The second-order valence-corrected chi connectivity index (χ2v) is 3.27. The molecule has 0 fully saturated rings. The lowest BCUT2D eigenvalue weighted by Gasteiger charge is -2.04. The van der Waals surface area contributed by atoms with Crippen molar-refractivity contribution in [3.8, 4) is 0 Å². The topological polar surface area (TPSA) is 77.0 Å². The zero-order chi connectivity index (χ0) is 13.0. The van der Waals surface area contributed by atoms with Crippen molar-refractivity contribution in [3.05, 3.63) is 42.1 Å². The van der Waals surface area contributed by atoms with Gasteiger partial charge in [-0.1, -0.05) is 0 Å². The zero-order valence-electron chi connectivity index (χ0n) is 9.42. The van der Waals surface area contributed by atoms with Gasteiger partial charge < -0.3 is 10.1 Å². The van der Waals surface area contributed by atoms with E-state index in [2.05, 4.69) is 25.0 Å². The van der Waals surface area contributed by atoms with E-state index in [4.69, 9.17) is 0 Å². The molecule has 0 aliphatic heterocycles. The van der Waals surface area contributed by atoms with Gasteiger partial charge in [-0.15, -0.1) is 0 Å². The van der Waals surface area contributed by atoms with E-state index < -0.39 is 11.8 Å². The van der Waals surface area contributed by atoms with Gasteiger partial charge in [-0.3, -0.25) is 0 Å². The molecular weight excluding hydrogens is 239 g/mol. The van der Waals surface area contributed by atoms with Crippen molar-refractivity contribution in [2.24, 2.45) is 0 Å². The Balaban J connectivity index is 2.19. The average molecular weight is 248 g/mol. The number of hydrogen-bond donors (Lipinski definition) is 1. The molecule has 0 aromatic carbocycles. The molecule has 0 radical (unpaired) electrons. The Labute approximate surface area is 102 Å². The standard InChI is InChI=1S/C11H9FN4O2/c1-18-10(17)7-2-3-13-9(4-7)16-11-14-5-8(12)6-15-11/h2-6H,1H3,(H,13,14,15,16). The van der Waals surface area contributed by atoms with Crippen molar-refractivity contribution in [3.63, 3.8) is 0 Å². The predicted octanol–water partition coefficient (Wildman–Crippen LogP) is 1.54. The van der Waals surface area contributed by atoms with Gasteiger partial charge in [0.1, 0.15) is 5.82 Å². The zero-order valence-corrected chi connectivity index (χ0v) is 9.42. The lowest BCUT2D eigenvalue weighted by atomic mass is 10.2. The van der Waals surface area contributed by atoms with Crippen LogP contribution in [-0.4, -0.2) is 28.0 Å². The predicted molar refractivity (Wildman–Crippen MR) is 60.8 cm³/mol. The summed E-state index contributed by atoms with van der Waals surface area (Å²) >= 11 is 0. The minimum Gasteiger partial charge on any atom is -0.465 e. The Kier molecular flexibility index (Phi) is 3.42. The van der Waals surface area contributed by atoms with Crippen molar-refractivity contribution < 1.29 is 13.9 Å². The molecular formula is C11H9FN4O2. The molecule has 0 unspecified atom stereocenters. The van der Waals surface area contributed by atoms with Gasteiger partial charge in [-0.05, 0) is 12.1 Å². The number of esters is 1. The Morgan fingerprint density at radius 2 is 2.06 bits per heavy atom. The highest BCUT2D eigenvalue weighted by Crippen LogP contribution is 2.12. The fourth-order valence-corrected chi connectivity index (χ4v) is 1.24. The minimum atomic E-state index is -0.531. The third-order valence-corrected chi connectivity index (χ3v) is 2.04. The molecule has 0 aliphatic carbocycles. The fraction of sp³-hybridized carbons (Fsp3) is 0.0909. The summed E-state index contributed by atoms with van der Waals surface area (Å²) in [6.07, 6.45) is 3.50. The summed E-state index contributed by atoms with van der Waals surface area (Å²) in [6, 6.07) is 3.00. The fourth-order valence-electron chi connectivity index (χ4n) is 1.24.